The van der Waals surface area contributed by atoms with E-state index >= 15 is 0 Å². The predicted molar refractivity (Wildman–Crippen MR) is 87.8 cm³/mol. The zero-order valence-electron chi connectivity index (χ0n) is 13.5. The maximum Gasteiger partial charge on any atom is 0.360 e. The number of rotatable bonds is 8. The molecule has 1 aromatic heterocycles. The summed E-state index contributed by atoms with van der Waals surface area (Å²) in [7, 11) is 0. The fourth-order valence-electron chi connectivity index (χ4n) is 2.36. The Morgan fingerprint density at radius 2 is 1.96 bits per heavy atom. The normalized spacial score (nSPS) is 10.6. The van der Waals surface area contributed by atoms with Gasteiger partial charge < -0.3 is 10.0 Å². The molecule has 0 aliphatic heterocycles. The van der Waals surface area contributed by atoms with Gasteiger partial charge in [0.25, 0.3) is 5.69 Å². The molecule has 9 nitrogen and oxygen atoms in total. The first-order valence-electron chi connectivity index (χ1n) is 7.68. The van der Waals surface area contributed by atoms with Crippen molar-refractivity contribution in [2.24, 2.45) is 0 Å². The highest BCUT2D eigenvalue weighted by molar-refractivity contribution is 5.91. The second-order valence-electron chi connectivity index (χ2n) is 5.23. The van der Waals surface area contributed by atoms with Gasteiger partial charge in [-0.2, -0.15) is 0 Å². The molecule has 9 heteroatoms. The maximum atomic E-state index is 11.5. The van der Waals surface area contributed by atoms with Crippen molar-refractivity contribution < 1.29 is 14.8 Å². The van der Waals surface area contributed by atoms with Gasteiger partial charge in [-0.05, 0) is 18.9 Å². The van der Waals surface area contributed by atoms with E-state index < -0.39 is 10.9 Å². The summed E-state index contributed by atoms with van der Waals surface area (Å²) in [5.74, 6) is -0.906. The molecule has 0 radical (unpaired) electrons. The number of anilines is 1. The molecule has 0 bridgehead atoms. The van der Waals surface area contributed by atoms with Gasteiger partial charge in [-0.25, -0.2) is 4.79 Å². The Hall–Kier alpha value is -2.97. The molecular formula is C15H19N5O4. The number of aromatic carboxylic acids is 1. The fourth-order valence-corrected chi connectivity index (χ4v) is 2.36. The molecule has 0 aliphatic carbocycles. The average Bonchev–Trinajstić information content (AvgIpc) is 3.00. The van der Waals surface area contributed by atoms with Crippen LogP contribution in [0.1, 0.15) is 37.2 Å². The molecule has 1 heterocycles. The van der Waals surface area contributed by atoms with Gasteiger partial charge in [0, 0.05) is 25.2 Å². The van der Waals surface area contributed by atoms with Crippen LogP contribution in [0.4, 0.5) is 11.5 Å². The minimum atomic E-state index is -1.18. The second-order valence-corrected chi connectivity index (χ2v) is 5.23. The number of hydrogen-bond donors (Lipinski definition) is 1. The summed E-state index contributed by atoms with van der Waals surface area (Å²) >= 11 is 0. The molecular weight excluding hydrogens is 314 g/mol. The fraction of sp³-hybridized carbons (Fsp3) is 0.400. The van der Waals surface area contributed by atoms with Crippen LogP contribution in [0, 0.1) is 10.1 Å². The molecule has 2 rings (SSSR count). The monoisotopic (exact) mass is 333 g/mol. The lowest BCUT2D eigenvalue weighted by molar-refractivity contribution is -0.384. The first-order chi connectivity index (χ1) is 11.5. The third-order valence-electron chi connectivity index (χ3n) is 3.36. The van der Waals surface area contributed by atoms with E-state index in [0.717, 1.165) is 17.6 Å². The third-order valence-corrected chi connectivity index (χ3v) is 3.36. The van der Waals surface area contributed by atoms with E-state index in [4.69, 9.17) is 0 Å². The van der Waals surface area contributed by atoms with Gasteiger partial charge in [-0.3, -0.25) is 10.1 Å². The topological polar surface area (TPSA) is 114 Å². The molecule has 1 N–H and O–H groups in total. The number of aromatic nitrogens is 3. The maximum absolute atomic E-state index is 11.5. The smallest absolute Gasteiger partial charge is 0.360 e. The van der Waals surface area contributed by atoms with Crippen LogP contribution in [0.15, 0.2) is 24.3 Å². The molecule has 0 atom stereocenters. The average molecular weight is 333 g/mol. The number of nitro benzene ring substituents is 1. The van der Waals surface area contributed by atoms with Gasteiger partial charge in [-0.1, -0.05) is 19.9 Å². The lowest BCUT2D eigenvalue weighted by atomic mass is 10.3. The molecule has 0 spiro atoms. The van der Waals surface area contributed by atoms with Crippen molar-refractivity contribution in [3.63, 3.8) is 0 Å². The van der Waals surface area contributed by atoms with Crippen LogP contribution in [0.2, 0.25) is 0 Å². The van der Waals surface area contributed by atoms with Crippen molar-refractivity contribution in [2.75, 3.05) is 18.0 Å². The number of carboxylic acid groups (broad SMARTS) is 1. The molecule has 0 saturated carbocycles. The zero-order chi connectivity index (χ0) is 17.7. The highest BCUT2D eigenvalue weighted by atomic mass is 16.6. The number of benzene rings is 1. The summed E-state index contributed by atoms with van der Waals surface area (Å²) in [6.45, 7) is 5.30. The SMILES string of the molecule is CCCN(CCC)c1nn(-c2cccc([N+](=O)[O-])c2)nc1C(=O)O. The minimum Gasteiger partial charge on any atom is -0.476 e. The summed E-state index contributed by atoms with van der Waals surface area (Å²) < 4.78 is 0. The van der Waals surface area contributed by atoms with Gasteiger partial charge in [-0.15, -0.1) is 15.0 Å². The largest absolute Gasteiger partial charge is 0.476 e. The number of nitrogens with zero attached hydrogens (tertiary/aromatic N) is 5. The summed E-state index contributed by atoms with van der Waals surface area (Å²) in [6, 6.07) is 5.76. The van der Waals surface area contributed by atoms with E-state index in [1.165, 1.54) is 18.2 Å². The highest BCUT2D eigenvalue weighted by Gasteiger charge is 2.23. The minimum absolute atomic E-state index is 0.109. The van der Waals surface area contributed by atoms with Crippen LogP contribution in [-0.2, 0) is 0 Å². The first kappa shape index (κ1) is 17.4. The number of carboxylic acids is 1. The predicted octanol–water partition coefficient (Wildman–Crippen LogP) is 2.50. The molecule has 0 amide bonds. The zero-order valence-corrected chi connectivity index (χ0v) is 13.5. The standard InChI is InChI=1S/C15H19N5O4/c1-3-8-18(9-4-2)14-13(15(21)22)16-19(17-14)11-6-5-7-12(10-11)20(23)24/h5-7,10H,3-4,8-9H2,1-2H3,(H,21,22). The van der Waals surface area contributed by atoms with Crippen molar-refractivity contribution in [1.29, 1.82) is 0 Å². The van der Waals surface area contributed by atoms with E-state index in [9.17, 15) is 20.0 Å². The van der Waals surface area contributed by atoms with Crippen molar-refractivity contribution in [3.8, 4) is 5.69 Å². The summed E-state index contributed by atoms with van der Waals surface area (Å²) in [4.78, 5) is 24.9. The Morgan fingerprint density at radius 3 is 2.50 bits per heavy atom. The van der Waals surface area contributed by atoms with Crippen LogP contribution in [-0.4, -0.2) is 44.1 Å². The molecule has 0 aliphatic rings. The lowest BCUT2D eigenvalue weighted by Crippen LogP contribution is -2.27. The molecule has 0 unspecified atom stereocenters. The van der Waals surface area contributed by atoms with Gasteiger partial charge in [0.15, 0.2) is 5.82 Å². The summed E-state index contributed by atoms with van der Waals surface area (Å²) in [5.41, 5.74) is 0.0662. The number of nitro groups is 1. The van der Waals surface area contributed by atoms with Crippen LogP contribution in [0.5, 0.6) is 0 Å². The van der Waals surface area contributed by atoms with Crippen LogP contribution in [0.3, 0.4) is 0 Å². The van der Waals surface area contributed by atoms with Crippen LogP contribution in [0.25, 0.3) is 5.69 Å². The highest BCUT2D eigenvalue weighted by Crippen LogP contribution is 2.21. The van der Waals surface area contributed by atoms with Crippen molar-refractivity contribution in [1.82, 2.24) is 15.0 Å². The Balaban J connectivity index is 2.49. The van der Waals surface area contributed by atoms with Gasteiger partial charge in [0.2, 0.25) is 5.69 Å². The molecule has 2 aromatic rings. The van der Waals surface area contributed by atoms with E-state index in [-0.39, 0.29) is 17.2 Å². The van der Waals surface area contributed by atoms with Gasteiger partial charge in [0.1, 0.15) is 0 Å². The van der Waals surface area contributed by atoms with E-state index in [0.29, 0.717) is 18.8 Å². The molecule has 128 valence electrons. The van der Waals surface area contributed by atoms with Crippen molar-refractivity contribution in [3.05, 3.63) is 40.1 Å². The quantitative estimate of drug-likeness (QED) is 0.583. The second kappa shape index (κ2) is 7.53. The molecule has 1 aromatic carbocycles. The number of carbonyl (C=O) groups is 1. The van der Waals surface area contributed by atoms with Crippen LogP contribution < -0.4 is 4.90 Å². The van der Waals surface area contributed by atoms with Crippen molar-refractivity contribution in [2.45, 2.75) is 26.7 Å². The third kappa shape index (κ3) is 3.67. The van der Waals surface area contributed by atoms with E-state index in [2.05, 4.69) is 10.2 Å². The first-order valence-corrected chi connectivity index (χ1v) is 7.68. The van der Waals surface area contributed by atoms with Gasteiger partial charge in [0.05, 0.1) is 10.6 Å². The summed E-state index contributed by atoms with van der Waals surface area (Å²) in [6.07, 6.45) is 1.67. The van der Waals surface area contributed by atoms with Crippen LogP contribution >= 0.6 is 0 Å². The lowest BCUT2D eigenvalue weighted by Gasteiger charge is -2.20. The van der Waals surface area contributed by atoms with E-state index in [1.54, 1.807) is 6.07 Å². The number of hydrogen-bond acceptors (Lipinski definition) is 6. The molecule has 24 heavy (non-hydrogen) atoms. The van der Waals surface area contributed by atoms with E-state index in [1.807, 2.05) is 18.7 Å². The Morgan fingerprint density at radius 1 is 1.29 bits per heavy atom. The molecule has 0 saturated heterocycles. The van der Waals surface area contributed by atoms with Crippen molar-refractivity contribution >= 4 is 17.5 Å². The Kier molecular flexibility index (Phi) is 5.46. The molecule has 0 fully saturated rings. The Labute approximate surface area is 138 Å². The number of non-ortho nitro benzene ring substituents is 1. The summed E-state index contributed by atoms with van der Waals surface area (Å²) in [5, 5.41) is 28.6. The van der Waals surface area contributed by atoms with Gasteiger partial charge >= 0.3 is 5.97 Å². The Bertz CT molecular complexity index is 737.